The van der Waals surface area contributed by atoms with Crippen molar-refractivity contribution in [2.75, 3.05) is 18.9 Å². The lowest BCUT2D eigenvalue weighted by Gasteiger charge is -2.16. The molecule has 1 amide bonds. The van der Waals surface area contributed by atoms with E-state index in [9.17, 15) is 4.79 Å². The summed E-state index contributed by atoms with van der Waals surface area (Å²) in [4.78, 5) is 27.4. The van der Waals surface area contributed by atoms with E-state index in [1.807, 2.05) is 19.2 Å². The van der Waals surface area contributed by atoms with Crippen molar-refractivity contribution in [2.45, 2.75) is 31.7 Å². The van der Waals surface area contributed by atoms with Gasteiger partial charge in [0.15, 0.2) is 5.82 Å². The molecule has 2 aromatic heterocycles. The molecule has 0 spiro atoms. The van der Waals surface area contributed by atoms with Crippen molar-refractivity contribution < 1.29 is 4.79 Å². The Labute approximate surface area is 135 Å². The molecular weight excluding hydrogens is 290 g/mol. The number of rotatable bonds is 3. The molecule has 1 aliphatic heterocycles. The largest absolute Gasteiger partial charge is 0.358 e. The summed E-state index contributed by atoms with van der Waals surface area (Å²) < 4.78 is 0. The Morgan fingerprint density at radius 3 is 2.78 bits per heavy atom. The third kappa shape index (κ3) is 2.54. The molecule has 0 saturated carbocycles. The minimum Gasteiger partial charge on any atom is -0.358 e. The average Bonchev–Trinajstić information content (AvgIpc) is 3.17. The first kappa shape index (κ1) is 14.1. The SMILES string of the molecule is CN1CC[C@@H](Nc2nc(-c3ccncc3)nc3c2CCC3)C1=O. The molecular formula is C17H19N5O. The van der Waals surface area contributed by atoms with E-state index in [1.54, 1.807) is 17.3 Å². The van der Waals surface area contributed by atoms with Gasteiger partial charge in [-0.15, -0.1) is 0 Å². The molecule has 1 atom stereocenters. The maximum atomic E-state index is 12.2. The van der Waals surface area contributed by atoms with E-state index < -0.39 is 0 Å². The normalized spacial score (nSPS) is 20.0. The highest BCUT2D eigenvalue weighted by atomic mass is 16.2. The maximum absolute atomic E-state index is 12.2. The number of anilines is 1. The number of aryl methyl sites for hydroxylation is 1. The molecule has 0 bridgehead atoms. The zero-order valence-corrected chi connectivity index (χ0v) is 13.1. The zero-order valence-electron chi connectivity index (χ0n) is 13.1. The van der Waals surface area contributed by atoms with E-state index in [0.29, 0.717) is 5.82 Å². The number of hydrogen-bond donors (Lipinski definition) is 1. The second-order valence-corrected chi connectivity index (χ2v) is 6.16. The third-order valence-electron chi connectivity index (χ3n) is 4.61. The number of likely N-dealkylation sites (tertiary alicyclic amines) is 1. The van der Waals surface area contributed by atoms with Crippen molar-refractivity contribution in [3.05, 3.63) is 35.8 Å². The summed E-state index contributed by atoms with van der Waals surface area (Å²) in [5, 5.41) is 3.37. The number of pyridine rings is 1. The molecule has 23 heavy (non-hydrogen) atoms. The summed E-state index contributed by atoms with van der Waals surface area (Å²) in [6.07, 6.45) is 7.35. The molecule has 2 aromatic rings. The number of likely N-dealkylation sites (N-methyl/N-ethyl adjacent to an activating group) is 1. The van der Waals surface area contributed by atoms with Gasteiger partial charge in [-0.1, -0.05) is 0 Å². The van der Waals surface area contributed by atoms with Crippen LogP contribution in [0, 0.1) is 0 Å². The molecule has 2 aliphatic rings. The van der Waals surface area contributed by atoms with Crippen LogP contribution < -0.4 is 5.32 Å². The minimum atomic E-state index is -0.176. The number of carbonyl (C=O) groups is 1. The number of nitrogens with one attached hydrogen (secondary N) is 1. The van der Waals surface area contributed by atoms with Gasteiger partial charge in [-0.25, -0.2) is 9.97 Å². The summed E-state index contributed by atoms with van der Waals surface area (Å²) in [6, 6.07) is 3.65. The second kappa shape index (κ2) is 5.61. The van der Waals surface area contributed by atoms with E-state index in [4.69, 9.17) is 9.97 Å². The number of hydrogen-bond acceptors (Lipinski definition) is 5. The Balaban J connectivity index is 1.71. The number of fused-ring (bicyclic) bond motifs is 1. The predicted octanol–water partition coefficient (Wildman–Crippen LogP) is 1.67. The monoisotopic (exact) mass is 309 g/mol. The minimum absolute atomic E-state index is 0.140. The van der Waals surface area contributed by atoms with Gasteiger partial charge in [0.1, 0.15) is 11.9 Å². The van der Waals surface area contributed by atoms with Gasteiger partial charge < -0.3 is 10.2 Å². The molecule has 1 saturated heterocycles. The summed E-state index contributed by atoms with van der Waals surface area (Å²) in [6.45, 7) is 0.793. The van der Waals surface area contributed by atoms with Crippen molar-refractivity contribution in [3.63, 3.8) is 0 Å². The van der Waals surface area contributed by atoms with E-state index in [0.717, 1.165) is 49.3 Å². The highest BCUT2D eigenvalue weighted by Crippen LogP contribution is 2.30. The zero-order chi connectivity index (χ0) is 15.8. The maximum Gasteiger partial charge on any atom is 0.244 e. The van der Waals surface area contributed by atoms with Gasteiger partial charge in [-0.2, -0.15) is 0 Å². The summed E-state index contributed by atoms with van der Waals surface area (Å²) in [5.41, 5.74) is 3.23. The quantitative estimate of drug-likeness (QED) is 0.934. The van der Waals surface area contributed by atoms with Crippen LogP contribution in [-0.4, -0.2) is 45.4 Å². The first-order valence-electron chi connectivity index (χ1n) is 8.04. The van der Waals surface area contributed by atoms with Gasteiger partial charge in [0, 0.05) is 42.8 Å². The van der Waals surface area contributed by atoms with Crippen molar-refractivity contribution in [2.24, 2.45) is 0 Å². The molecule has 3 heterocycles. The smallest absolute Gasteiger partial charge is 0.244 e. The van der Waals surface area contributed by atoms with E-state index in [1.165, 1.54) is 5.56 Å². The molecule has 1 N–H and O–H groups in total. The molecule has 118 valence electrons. The second-order valence-electron chi connectivity index (χ2n) is 6.16. The van der Waals surface area contributed by atoms with Crippen molar-refractivity contribution in [1.29, 1.82) is 0 Å². The number of aromatic nitrogens is 3. The van der Waals surface area contributed by atoms with Crippen molar-refractivity contribution >= 4 is 11.7 Å². The van der Waals surface area contributed by atoms with Gasteiger partial charge >= 0.3 is 0 Å². The van der Waals surface area contributed by atoms with Crippen LogP contribution in [0.1, 0.15) is 24.1 Å². The van der Waals surface area contributed by atoms with Crippen LogP contribution in [0.4, 0.5) is 5.82 Å². The third-order valence-corrected chi connectivity index (χ3v) is 4.61. The average molecular weight is 309 g/mol. The summed E-state index contributed by atoms with van der Waals surface area (Å²) in [5.74, 6) is 1.67. The van der Waals surface area contributed by atoms with Crippen LogP contribution in [0.2, 0.25) is 0 Å². The first-order chi connectivity index (χ1) is 11.2. The molecule has 1 aliphatic carbocycles. The fourth-order valence-electron chi connectivity index (χ4n) is 3.30. The van der Waals surface area contributed by atoms with Crippen LogP contribution in [0.15, 0.2) is 24.5 Å². The van der Waals surface area contributed by atoms with Gasteiger partial charge in [0.25, 0.3) is 0 Å². The lowest BCUT2D eigenvalue weighted by Crippen LogP contribution is -2.31. The van der Waals surface area contributed by atoms with Crippen LogP contribution in [0.5, 0.6) is 0 Å². The molecule has 6 nitrogen and oxygen atoms in total. The molecule has 1 fully saturated rings. The lowest BCUT2D eigenvalue weighted by atomic mass is 10.2. The Bertz CT molecular complexity index is 746. The number of carbonyl (C=O) groups excluding carboxylic acids is 1. The van der Waals surface area contributed by atoms with E-state index in [2.05, 4.69) is 10.3 Å². The highest BCUT2D eigenvalue weighted by Gasteiger charge is 2.31. The van der Waals surface area contributed by atoms with Gasteiger partial charge in [-0.3, -0.25) is 9.78 Å². The highest BCUT2D eigenvalue weighted by molar-refractivity contribution is 5.86. The molecule has 0 radical (unpaired) electrons. The molecule has 6 heteroatoms. The molecule has 0 aromatic carbocycles. The van der Waals surface area contributed by atoms with Gasteiger partial charge in [0.05, 0.1) is 0 Å². The number of amides is 1. The van der Waals surface area contributed by atoms with Crippen LogP contribution in [-0.2, 0) is 17.6 Å². The Morgan fingerprint density at radius 2 is 2.04 bits per heavy atom. The van der Waals surface area contributed by atoms with Gasteiger partial charge in [-0.05, 0) is 37.8 Å². The number of nitrogens with zero attached hydrogens (tertiary/aromatic N) is 4. The van der Waals surface area contributed by atoms with Gasteiger partial charge in [0.2, 0.25) is 5.91 Å². The Morgan fingerprint density at radius 1 is 1.22 bits per heavy atom. The van der Waals surface area contributed by atoms with Crippen molar-refractivity contribution in [1.82, 2.24) is 19.9 Å². The standard InChI is InChI=1S/C17H19N5O/c1-22-10-7-14(17(22)23)20-16-12-3-2-4-13(12)19-15(21-16)11-5-8-18-9-6-11/h5-6,8-9,14H,2-4,7,10H2,1H3,(H,19,20,21)/t14-/m1/s1. The van der Waals surface area contributed by atoms with Crippen molar-refractivity contribution in [3.8, 4) is 11.4 Å². The summed E-state index contributed by atoms with van der Waals surface area (Å²) >= 11 is 0. The predicted molar refractivity (Wildman–Crippen MR) is 87.0 cm³/mol. The fraction of sp³-hybridized carbons (Fsp3) is 0.412. The fourth-order valence-corrected chi connectivity index (χ4v) is 3.30. The Kier molecular flexibility index (Phi) is 3.44. The van der Waals surface area contributed by atoms with Crippen LogP contribution in [0.25, 0.3) is 11.4 Å². The molecule has 4 rings (SSSR count). The topological polar surface area (TPSA) is 71.0 Å². The van der Waals surface area contributed by atoms with E-state index >= 15 is 0 Å². The van der Waals surface area contributed by atoms with Crippen LogP contribution in [0.3, 0.4) is 0 Å². The molecule has 0 unspecified atom stereocenters. The first-order valence-corrected chi connectivity index (χ1v) is 8.04. The lowest BCUT2D eigenvalue weighted by molar-refractivity contribution is -0.127. The Hall–Kier alpha value is -2.50. The summed E-state index contributed by atoms with van der Waals surface area (Å²) in [7, 11) is 1.84. The van der Waals surface area contributed by atoms with Crippen LogP contribution >= 0.6 is 0 Å². The van der Waals surface area contributed by atoms with E-state index in [-0.39, 0.29) is 11.9 Å².